The van der Waals surface area contributed by atoms with Gasteiger partial charge in [0.05, 0.1) is 0 Å². The van der Waals surface area contributed by atoms with Crippen LogP contribution in [0, 0.1) is 6.92 Å². The van der Waals surface area contributed by atoms with Gasteiger partial charge in [0.1, 0.15) is 5.88 Å². The first-order chi connectivity index (χ1) is 9.19. The highest BCUT2D eigenvalue weighted by Crippen LogP contribution is 2.20. The number of carbonyl (C=O) groups excluding carboxylic acids is 1. The number of carbonyl (C=O) groups is 1. The molecule has 1 N–H and O–H groups in total. The molecule has 0 aliphatic heterocycles. The minimum atomic E-state index is -0.149. The Labute approximate surface area is 118 Å². The molecule has 0 saturated heterocycles. The molecule has 19 heavy (non-hydrogen) atoms. The minimum Gasteiger partial charge on any atom is -0.351 e. The van der Waals surface area contributed by atoms with Gasteiger partial charge in [-0.15, -0.1) is 11.6 Å². The lowest BCUT2D eigenvalue weighted by atomic mass is 10.0. The maximum absolute atomic E-state index is 11.1. The molecule has 0 heterocycles. The zero-order chi connectivity index (χ0) is 13.7. The molecule has 0 unspecified atom stereocenters. The quantitative estimate of drug-likeness (QED) is 0.849. The van der Waals surface area contributed by atoms with Gasteiger partial charge < -0.3 is 5.32 Å². The van der Waals surface area contributed by atoms with Gasteiger partial charge in [0, 0.05) is 6.54 Å². The third-order valence-corrected chi connectivity index (χ3v) is 3.19. The summed E-state index contributed by atoms with van der Waals surface area (Å²) in [6, 6.07) is 16.6. The molecule has 0 aliphatic carbocycles. The molecular weight excluding hydrogens is 258 g/mol. The molecule has 98 valence electrons. The molecule has 1 amide bonds. The van der Waals surface area contributed by atoms with E-state index in [1.54, 1.807) is 0 Å². The van der Waals surface area contributed by atoms with Gasteiger partial charge in [0.15, 0.2) is 0 Å². The Kier molecular flexibility index (Phi) is 4.58. The van der Waals surface area contributed by atoms with Crippen molar-refractivity contribution in [1.29, 1.82) is 0 Å². The van der Waals surface area contributed by atoms with E-state index in [0.29, 0.717) is 6.54 Å². The summed E-state index contributed by atoms with van der Waals surface area (Å²) < 4.78 is 0. The van der Waals surface area contributed by atoms with E-state index >= 15 is 0 Å². The molecule has 0 bridgehead atoms. The molecule has 0 aromatic heterocycles. The Balaban J connectivity index is 2.06. The average molecular weight is 274 g/mol. The number of benzene rings is 2. The van der Waals surface area contributed by atoms with Crippen LogP contribution < -0.4 is 5.32 Å². The normalized spacial score (nSPS) is 10.2. The van der Waals surface area contributed by atoms with E-state index in [2.05, 4.69) is 48.6 Å². The molecule has 2 nitrogen and oxygen atoms in total. The zero-order valence-corrected chi connectivity index (χ0v) is 11.6. The second kappa shape index (κ2) is 6.39. The fourth-order valence-corrected chi connectivity index (χ4v) is 1.90. The van der Waals surface area contributed by atoms with Gasteiger partial charge in [-0.1, -0.05) is 54.1 Å². The van der Waals surface area contributed by atoms with Crippen molar-refractivity contribution in [2.45, 2.75) is 13.5 Å². The topological polar surface area (TPSA) is 29.1 Å². The van der Waals surface area contributed by atoms with E-state index in [1.807, 2.05) is 12.1 Å². The summed E-state index contributed by atoms with van der Waals surface area (Å²) in [5.74, 6) is -0.147. The van der Waals surface area contributed by atoms with Crippen LogP contribution in [0.1, 0.15) is 11.1 Å². The van der Waals surface area contributed by atoms with E-state index in [4.69, 9.17) is 11.6 Å². The van der Waals surface area contributed by atoms with E-state index in [-0.39, 0.29) is 11.8 Å². The number of nitrogens with one attached hydrogen (secondary N) is 1. The zero-order valence-electron chi connectivity index (χ0n) is 10.8. The molecule has 0 aliphatic rings. The van der Waals surface area contributed by atoms with Crippen LogP contribution in [-0.4, -0.2) is 11.8 Å². The number of amides is 1. The fourth-order valence-electron chi connectivity index (χ4n) is 1.81. The third kappa shape index (κ3) is 3.83. The molecule has 2 aromatic carbocycles. The standard InChI is InChI=1S/C16H16ClNO/c1-12-2-6-14(7-3-12)15-8-4-13(5-9-15)11-18-16(19)10-17/h2-9H,10-11H2,1H3,(H,18,19). The smallest absolute Gasteiger partial charge is 0.235 e. The van der Waals surface area contributed by atoms with E-state index in [9.17, 15) is 4.79 Å². The molecule has 2 aromatic rings. The van der Waals surface area contributed by atoms with Crippen LogP contribution >= 0.6 is 11.6 Å². The minimum absolute atomic E-state index is 0.00144. The summed E-state index contributed by atoms with van der Waals surface area (Å²) in [5, 5.41) is 2.74. The van der Waals surface area contributed by atoms with Crippen molar-refractivity contribution >= 4 is 17.5 Å². The SMILES string of the molecule is Cc1ccc(-c2ccc(CNC(=O)CCl)cc2)cc1. The van der Waals surface area contributed by atoms with Gasteiger partial charge in [-0.3, -0.25) is 4.79 Å². The molecule has 0 spiro atoms. The van der Waals surface area contributed by atoms with Crippen LogP contribution in [0.4, 0.5) is 0 Å². The second-order valence-corrected chi connectivity index (χ2v) is 4.74. The Hall–Kier alpha value is -1.80. The van der Waals surface area contributed by atoms with Crippen LogP contribution in [0.15, 0.2) is 48.5 Å². The van der Waals surface area contributed by atoms with Crippen LogP contribution in [-0.2, 0) is 11.3 Å². The highest BCUT2D eigenvalue weighted by Gasteiger charge is 2.00. The maximum atomic E-state index is 11.1. The predicted molar refractivity (Wildman–Crippen MR) is 79.2 cm³/mol. The molecule has 2 rings (SSSR count). The Morgan fingerprint density at radius 1 is 1.00 bits per heavy atom. The van der Waals surface area contributed by atoms with E-state index in [0.717, 1.165) is 5.56 Å². The van der Waals surface area contributed by atoms with Crippen LogP contribution in [0.2, 0.25) is 0 Å². The lowest BCUT2D eigenvalue weighted by molar-refractivity contribution is -0.118. The molecule has 0 atom stereocenters. The summed E-state index contributed by atoms with van der Waals surface area (Å²) in [4.78, 5) is 11.1. The van der Waals surface area contributed by atoms with Crippen molar-refractivity contribution in [3.63, 3.8) is 0 Å². The highest BCUT2D eigenvalue weighted by molar-refractivity contribution is 6.27. The van der Waals surface area contributed by atoms with Gasteiger partial charge in [0.2, 0.25) is 5.91 Å². The highest BCUT2D eigenvalue weighted by atomic mass is 35.5. The Morgan fingerprint density at radius 3 is 2.05 bits per heavy atom. The van der Waals surface area contributed by atoms with E-state index in [1.165, 1.54) is 16.7 Å². The number of aryl methyl sites for hydroxylation is 1. The summed E-state index contributed by atoms with van der Waals surface area (Å²) >= 11 is 5.42. The first-order valence-corrected chi connectivity index (χ1v) is 6.71. The monoisotopic (exact) mass is 273 g/mol. The summed E-state index contributed by atoms with van der Waals surface area (Å²) in [6.45, 7) is 2.59. The second-order valence-electron chi connectivity index (χ2n) is 4.47. The third-order valence-electron chi connectivity index (χ3n) is 2.95. The number of alkyl halides is 1. The molecule has 0 saturated carbocycles. The van der Waals surface area contributed by atoms with Crippen LogP contribution in [0.3, 0.4) is 0 Å². The van der Waals surface area contributed by atoms with Gasteiger partial charge in [-0.25, -0.2) is 0 Å². The molecular formula is C16H16ClNO. The van der Waals surface area contributed by atoms with Crippen molar-refractivity contribution in [2.75, 3.05) is 5.88 Å². The Bertz CT molecular complexity index is 546. The van der Waals surface area contributed by atoms with Gasteiger partial charge in [0.25, 0.3) is 0 Å². The number of halogens is 1. The largest absolute Gasteiger partial charge is 0.351 e. The average Bonchev–Trinajstić information content (AvgIpc) is 2.46. The van der Waals surface area contributed by atoms with Crippen molar-refractivity contribution < 1.29 is 4.79 Å². The maximum Gasteiger partial charge on any atom is 0.235 e. The summed E-state index contributed by atoms with van der Waals surface area (Å²) in [5.41, 5.74) is 4.69. The van der Waals surface area contributed by atoms with Crippen molar-refractivity contribution in [3.8, 4) is 11.1 Å². The predicted octanol–water partition coefficient (Wildman–Crippen LogP) is 3.52. The van der Waals surface area contributed by atoms with Crippen molar-refractivity contribution in [1.82, 2.24) is 5.32 Å². The first kappa shape index (κ1) is 13.6. The lowest BCUT2D eigenvalue weighted by Gasteiger charge is -2.06. The van der Waals surface area contributed by atoms with E-state index < -0.39 is 0 Å². The summed E-state index contributed by atoms with van der Waals surface area (Å²) in [7, 11) is 0. The Morgan fingerprint density at radius 2 is 1.53 bits per heavy atom. The van der Waals surface area contributed by atoms with Crippen LogP contribution in [0.5, 0.6) is 0 Å². The van der Waals surface area contributed by atoms with Crippen molar-refractivity contribution in [2.24, 2.45) is 0 Å². The van der Waals surface area contributed by atoms with Gasteiger partial charge in [-0.2, -0.15) is 0 Å². The van der Waals surface area contributed by atoms with Crippen molar-refractivity contribution in [3.05, 3.63) is 59.7 Å². The molecule has 3 heteroatoms. The fraction of sp³-hybridized carbons (Fsp3) is 0.188. The molecule has 0 radical (unpaired) electrons. The van der Waals surface area contributed by atoms with Gasteiger partial charge >= 0.3 is 0 Å². The number of rotatable bonds is 4. The summed E-state index contributed by atoms with van der Waals surface area (Å²) in [6.07, 6.45) is 0. The lowest BCUT2D eigenvalue weighted by Crippen LogP contribution is -2.23. The number of hydrogen-bond donors (Lipinski definition) is 1. The number of hydrogen-bond acceptors (Lipinski definition) is 1. The van der Waals surface area contributed by atoms with Crippen LogP contribution in [0.25, 0.3) is 11.1 Å². The first-order valence-electron chi connectivity index (χ1n) is 6.17. The van der Waals surface area contributed by atoms with Gasteiger partial charge in [-0.05, 0) is 23.6 Å². The molecule has 0 fully saturated rings.